The number of rotatable bonds is 1. The molecule has 0 aromatic heterocycles. The van der Waals surface area contributed by atoms with E-state index in [4.69, 9.17) is 0 Å². The molecule has 2 aromatic rings. The molecule has 32 heavy (non-hydrogen) atoms. The van der Waals surface area contributed by atoms with Crippen LogP contribution in [0.4, 0.5) is 0 Å². The van der Waals surface area contributed by atoms with Gasteiger partial charge in [0, 0.05) is 0 Å². The Hall–Kier alpha value is -0.617. The van der Waals surface area contributed by atoms with Crippen LogP contribution in [0, 0.1) is 40.7 Å². The maximum Gasteiger partial charge on any atom is 4.00 e. The zero-order valence-corrected chi connectivity index (χ0v) is 22.7. The van der Waals surface area contributed by atoms with Crippen LogP contribution in [0.3, 0.4) is 0 Å². The average Bonchev–Trinajstić information content (AvgIpc) is 3.32. The molecule has 8 rings (SSSR count). The van der Waals surface area contributed by atoms with Crippen LogP contribution in [-0.4, -0.2) is 0 Å². The van der Waals surface area contributed by atoms with Crippen LogP contribution in [0.2, 0.25) is 0 Å². The Morgan fingerprint density at radius 2 is 1.47 bits per heavy atom. The molecule has 3 heteroatoms. The molecule has 0 spiro atoms. The summed E-state index contributed by atoms with van der Waals surface area (Å²) in [7, 11) is 0. The summed E-state index contributed by atoms with van der Waals surface area (Å²) in [6.45, 7) is 2.46. The molecule has 164 valence electrons. The summed E-state index contributed by atoms with van der Waals surface area (Å²) in [5.74, 6) is 3.18. The molecule has 4 fully saturated rings. The van der Waals surface area contributed by atoms with Gasteiger partial charge >= 0.3 is 26.2 Å². The van der Waals surface area contributed by atoms with Crippen molar-refractivity contribution in [2.75, 3.05) is 0 Å². The number of hydrogen-bond donors (Lipinski definition) is 0. The van der Waals surface area contributed by atoms with Gasteiger partial charge in [-0.15, -0.1) is 5.56 Å². The van der Waals surface area contributed by atoms with E-state index in [2.05, 4.69) is 73.7 Å². The molecule has 0 saturated heterocycles. The van der Waals surface area contributed by atoms with E-state index < -0.39 is 0 Å². The second-order valence-corrected chi connectivity index (χ2v) is 10.5. The topological polar surface area (TPSA) is 0 Å². The van der Waals surface area contributed by atoms with Gasteiger partial charge in [0.1, 0.15) is 0 Å². The van der Waals surface area contributed by atoms with Crippen LogP contribution in [0.25, 0.3) is 11.1 Å². The minimum absolute atomic E-state index is 0. The molecular weight excluding hydrogens is 510 g/mol. The van der Waals surface area contributed by atoms with Crippen LogP contribution in [0.5, 0.6) is 0 Å². The van der Waals surface area contributed by atoms with E-state index in [1.807, 2.05) is 6.07 Å². The summed E-state index contributed by atoms with van der Waals surface area (Å²) in [6.07, 6.45) is 20.5. The number of benzene rings is 2. The van der Waals surface area contributed by atoms with Gasteiger partial charge in [-0.2, -0.15) is 35.9 Å². The van der Waals surface area contributed by atoms with E-state index in [9.17, 15) is 0 Å². The SMILES string of the molecule is CC1(C23CC4CC(CC(C4)C2)C3)C=[C-]C=C1.[Cl-].[Cl-].[Zr+4].[c-]1cccc2c1Cc1ccccc1-2. The summed E-state index contributed by atoms with van der Waals surface area (Å²) in [4.78, 5) is 0. The van der Waals surface area contributed by atoms with Gasteiger partial charge in [0.25, 0.3) is 0 Å². The van der Waals surface area contributed by atoms with Crippen molar-refractivity contribution in [3.8, 4) is 11.1 Å². The second kappa shape index (κ2) is 9.94. The summed E-state index contributed by atoms with van der Waals surface area (Å²) in [5.41, 5.74) is 6.46. The van der Waals surface area contributed by atoms with E-state index in [-0.39, 0.29) is 51.0 Å². The molecule has 6 aliphatic rings. The first-order chi connectivity index (χ1) is 14.1. The third kappa shape index (κ3) is 4.28. The molecule has 0 nitrogen and oxygen atoms in total. The van der Waals surface area contributed by atoms with E-state index in [0.29, 0.717) is 10.8 Å². The Balaban J connectivity index is 0.000000168. The van der Waals surface area contributed by atoms with Gasteiger partial charge < -0.3 is 24.8 Å². The van der Waals surface area contributed by atoms with Crippen molar-refractivity contribution in [2.45, 2.75) is 51.9 Å². The van der Waals surface area contributed by atoms with Crippen molar-refractivity contribution in [1.29, 1.82) is 0 Å². The predicted octanol–water partition coefficient (Wildman–Crippen LogP) is 1.20. The Morgan fingerprint density at radius 1 is 0.844 bits per heavy atom. The molecule has 6 aliphatic carbocycles. The largest absolute Gasteiger partial charge is 4.00 e. The second-order valence-electron chi connectivity index (χ2n) is 10.5. The van der Waals surface area contributed by atoms with E-state index in [1.165, 1.54) is 41.5 Å². The maximum atomic E-state index is 3.33. The normalized spacial score (nSPS) is 33.7. The molecule has 1 unspecified atom stereocenters. The zero-order chi connectivity index (χ0) is 19.5. The number of allylic oxidation sites excluding steroid dienone is 4. The van der Waals surface area contributed by atoms with Gasteiger partial charge in [0.15, 0.2) is 0 Å². The van der Waals surface area contributed by atoms with Crippen molar-refractivity contribution in [3.63, 3.8) is 0 Å². The van der Waals surface area contributed by atoms with Crippen LogP contribution in [-0.2, 0) is 32.6 Å². The smallest absolute Gasteiger partial charge is 1.00 e. The van der Waals surface area contributed by atoms with Crippen molar-refractivity contribution >= 4 is 0 Å². The minimum atomic E-state index is 0. The Labute approximate surface area is 225 Å². The van der Waals surface area contributed by atoms with Gasteiger partial charge in [-0.1, -0.05) is 47.7 Å². The molecule has 2 aromatic carbocycles. The zero-order valence-electron chi connectivity index (χ0n) is 18.7. The number of hydrogen-bond acceptors (Lipinski definition) is 0. The summed E-state index contributed by atoms with van der Waals surface area (Å²) in [5, 5.41) is 0. The van der Waals surface area contributed by atoms with Crippen molar-refractivity contribution < 1.29 is 51.0 Å². The fourth-order valence-electron chi connectivity index (χ4n) is 7.59. The molecule has 0 N–H and O–H groups in total. The van der Waals surface area contributed by atoms with Crippen molar-refractivity contribution in [1.82, 2.24) is 0 Å². The van der Waals surface area contributed by atoms with Crippen molar-refractivity contribution in [2.24, 2.45) is 28.6 Å². The van der Waals surface area contributed by atoms with Gasteiger partial charge in [-0.05, 0) is 68.1 Å². The summed E-state index contributed by atoms with van der Waals surface area (Å²) < 4.78 is 0. The fraction of sp³-hybridized carbons (Fsp3) is 0.448. The number of fused-ring (bicyclic) bond motifs is 3. The van der Waals surface area contributed by atoms with Gasteiger partial charge in [0.05, 0.1) is 0 Å². The minimum Gasteiger partial charge on any atom is -1.00 e. The summed E-state index contributed by atoms with van der Waals surface area (Å²) in [6, 6.07) is 18.1. The maximum absolute atomic E-state index is 3.33. The molecule has 0 heterocycles. The summed E-state index contributed by atoms with van der Waals surface area (Å²) >= 11 is 0. The van der Waals surface area contributed by atoms with E-state index in [0.717, 1.165) is 24.2 Å². The first-order valence-corrected chi connectivity index (χ1v) is 11.5. The first kappa shape index (κ1) is 26.0. The van der Waals surface area contributed by atoms with Crippen LogP contribution in [0.1, 0.15) is 56.6 Å². The van der Waals surface area contributed by atoms with Gasteiger partial charge in [0.2, 0.25) is 0 Å². The van der Waals surface area contributed by atoms with E-state index >= 15 is 0 Å². The van der Waals surface area contributed by atoms with Crippen LogP contribution in [0.15, 0.2) is 60.7 Å². The average molecular weight is 541 g/mol. The quantitative estimate of drug-likeness (QED) is 0.407. The van der Waals surface area contributed by atoms with Crippen LogP contribution >= 0.6 is 0 Å². The van der Waals surface area contributed by atoms with Gasteiger partial charge in [-0.3, -0.25) is 6.08 Å². The molecule has 0 radical (unpaired) electrons. The van der Waals surface area contributed by atoms with E-state index in [1.54, 1.807) is 19.3 Å². The van der Waals surface area contributed by atoms with Crippen molar-refractivity contribution in [3.05, 3.63) is 84.0 Å². The molecular formula is C29H30Cl2Zr. The molecule has 0 aliphatic heterocycles. The monoisotopic (exact) mass is 538 g/mol. The molecule has 0 amide bonds. The Morgan fingerprint density at radius 3 is 2.09 bits per heavy atom. The standard InChI is InChI=1S/C16H21.C13H9.2ClH.Zr/c1-15(4-2-3-5-15)16-9-12-6-13(10-16)8-14(7-12)11-16;1-3-7-12-10(5-1)9-11-6-2-4-8-13(11)12;;;/h2,4-5,12-14H,6-11H2,1H3;1-5,7-8H,9H2;2*1H;/q2*-1;;;+4/p-2. The first-order valence-electron chi connectivity index (χ1n) is 11.5. The van der Waals surface area contributed by atoms with Gasteiger partial charge in [-0.25, -0.2) is 12.2 Å². The number of halogens is 2. The fourth-order valence-corrected chi connectivity index (χ4v) is 7.59. The Kier molecular flexibility index (Phi) is 8.07. The molecule has 4 bridgehead atoms. The Bertz CT molecular complexity index is 915. The molecule has 4 saturated carbocycles. The predicted molar refractivity (Wildman–Crippen MR) is 119 cm³/mol. The third-order valence-corrected chi connectivity index (χ3v) is 8.71. The van der Waals surface area contributed by atoms with Crippen LogP contribution < -0.4 is 24.8 Å². The molecule has 1 atom stereocenters. The third-order valence-electron chi connectivity index (χ3n) is 8.71.